The van der Waals surface area contributed by atoms with Crippen LogP contribution in [0.25, 0.3) is 0 Å². The molecule has 2 aromatic carbocycles. The summed E-state index contributed by atoms with van der Waals surface area (Å²) in [4.78, 5) is 0. The number of nitrogens with one attached hydrogen (secondary N) is 1. The van der Waals surface area contributed by atoms with E-state index < -0.39 is 0 Å². The van der Waals surface area contributed by atoms with Gasteiger partial charge in [0.1, 0.15) is 6.61 Å². The van der Waals surface area contributed by atoms with E-state index in [2.05, 4.69) is 27.8 Å². The minimum Gasteiger partial charge on any atom is -0.490 e. The molecule has 1 heterocycles. The van der Waals surface area contributed by atoms with Crippen LogP contribution in [-0.4, -0.2) is 26.8 Å². The van der Waals surface area contributed by atoms with Gasteiger partial charge in [0.25, 0.3) is 0 Å². The average Bonchev–Trinajstić information content (AvgIpc) is 3.19. The van der Waals surface area contributed by atoms with E-state index in [1.165, 1.54) is 0 Å². The molecule has 154 valence electrons. The SMILES string of the molecule is CCCCn1nnnc1NCc1ccc(OCc2ccc(Cl)cc2)c(OCC)c1. The monoisotopic (exact) mass is 415 g/mol. The first-order chi connectivity index (χ1) is 14.2. The van der Waals surface area contributed by atoms with Crippen molar-refractivity contribution in [2.75, 3.05) is 11.9 Å². The molecule has 0 radical (unpaired) electrons. The maximum Gasteiger partial charge on any atom is 0.243 e. The van der Waals surface area contributed by atoms with E-state index in [0.717, 1.165) is 30.5 Å². The summed E-state index contributed by atoms with van der Waals surface area (Å²) in [6.45, 7) is 6.49. The topological polar surface area (TPSA) is 74.1 Å². The third kappa shape index (κ3) is 6.09. The van der Waals surface area contributed by atoms with Crippen molar-refractivity contribution in [3.8, 4) is 11.5 Å². The zero-order chi connectivity index (χ0) is 20.5. The van der Waals surface area contributed by atoms with Crippen LogP contribution in [0.4, 0.5) is 5.95 Å². The zero-order valence-corrected chi connectivity index (χ0v) is 17.5. The number of ether oxygens (including phenoxy) is 2. The second-order valence-electron chi connectivity index (χ2n) is 6.56. The van der Waals surface area contributed by atoms with Crippen molar-refractivity contribution in [3.05, 3.63) is 58.6 Å². The van der Waals surface area contributed by atoms with Gasteiger partial charge in [0.2, 0.25) is 5.95 Å². The summed E-state index contributed by atoms with van der Waals surface area (Å²) >= 11 is 5.93. The standard InChI is InChI=1S/C21H26ClN5O2/c1-3-5-12-27-21(24-25-26-27)23-14-17-8-11-19(20(13-17)28-4-2)29-15-16-6-9-18(22)10-7-16/h6-11,13H,3-5,12,14-15H2,1-2H3,(H,23,24,26). The summed E-state index contributed by atoms with van der Waals surface area (Å²) in [5.41, 5.74) is 2.10. The van der Waals surface area contributed by atoms with E-state index in [4.69, 9.17) is 21.1 Å². The molecular formula is C21H26ClN5O2. The molecule has 3 aromatic rings. The van der Waals surface area contributed by atoms with Gasteiger partial charge in [-0.3, -0.25) is 0 Å². The van der Waals surface area contributed by atoms with Gasteiger partial charge in [-0.1, -0.05) is 48.2 Å². The van der Waals surface area contributed by atoms with Crippen LogP contribution in [0.15, 0.2) is 42.5 Å². The summed E-state index contributed by atoms with van der Waals surface area (Å²) in [6.07, 6.45) is 2.13. The largest absolute Gasteiger partial charge is 0.490 e. The summed E-state index contributed by atoms with van der Waals surface area (Å²) in [7, 11) is 0. The number of nitrogens with zero attached hydrogens (tertiary/aromatic N) is 4. The van der Waals surface area contributed by atoms with Gasteiger partial charge in [0, 0.05) is 18.1 Å². The van der Waals surface area contributed by atoms with Crippen molar-refractivity contribution < 1.29 is 9.47 Å². The Morgan fingerprint density at radius 1 is 1.00 bits per heavy atom. The Balaban J connectivity index is 1.64. The molecule has 3 rings (SSSR count). The van der Waals surface area contributed by atoms with Gasteiger partial charge in [-0.15, -0.1) is 0 Å². The smallest absolute Gasteiger partial charge is 0.243 e. The number of benzene rings is 2. The summed E-state index contributed by atoms with van der Waals surface area (Å²) in [5, 5.41) is 15.8. The number of halogens is 1. The highest BCUT2D eigenvalue weighted by atomic mass is 35.5. The van der Waals surface area contributed by atoms with Gasteiger partial charge >= 0.3 is 0 Å². The summed E-state index contributed by atoms with van der Waals surface area (Å²) in [5.74, 6) is 2.09. The Labute approximate surface area is 176 Å². The normalized spacial score (nSPS) is 10.7. The van der Waals surface area contributed by atoms with Crippen molar-refractivity contribution in [2.45, 2.75) is 46.4 Å². The lowest BCUT2D eigenvalue weighted by atomic mass is 10.2. The summed E-state index contributed by atoms with van der Waals surface area (Å²) in [6, 6.07) is 13.5. The minimum atomic E-state index is 0.445. The van der Waals surface area contributed by atoms with Crippen molar-refractivity contribution in [2.24, 2.45) is 0 Å². The Morgan fingerprint density at radius 3 is 2.55 bits per heavy atom. The minimum absolute atomic E-state index is 0.445. The molecule has 7 nitrogen and oxygen atoms in total. The van der Waals surface area contributed by atoms with Gasteiger partial charge in [-0.25, -0.2) is 4.68 Å². The van der Waals surface area contributed by atoms with Gasteiger partial charge < -0.3 is 14.8 Å². The quantitative estimate of drug-likeness (QED) is 0.488. The number of aryl methyl sites for hydroxylation is 1. The van der Waals surface area contributed by atoms with Crippen LogP contribution in [0.5, 0.6) is 11.5 Å². The number of aromatic nitrogens is 4. The number of anilines is 1. The fourth-order valence-corrected chi connectivity index (χ4v) is 2.89. The molecule has 0 bridgehead atoms. The molecule has 0 saturated heterocycles. The lowest BCUT2D eigenvalue weighted by Gasteiger charge is -2.14. The number of hydrogen-bond donors (Lipinski definition) is 1. The van der Waals surface area contributed by atoms with Crippen molar-refractivity contribution in [1.82, 2.24) is 20.2 Å². The fourth-order valence-electron chi connectivity index (χ4n) is 2.76. The molecule has 0 aliphatic carbocycles. The third-order valence-electron chi connectivity index (χ3n) is 4.32. The van der Waals surface area contributed by atoms with E-state index in [-0.39, 0.29) is 0 Å². The molecule has 0 atom stereocenters. The zero-order valence-electron chi connectivity index (χ0n) is 16.8. The average molecular weight is 416 g/mol. The summed E-state index contributed by atoms with van der Waals surface area (Å²) < 4.78 is 13.5. The van der Waals surface area contributed by atoms with Crippen molar-refractivity contribution in [3.63, 3.8) is 0 Å². The highest BCUT2D eigenvalue weighted by Crippen LogP contribution is 2.29. The van der Waals surface area contributed by atoms with E-state index in [9.17, 15) is 0 Å². The third-order valence-corrected chi connectivity index (χ3v) is 4.57. The fraction of sp³-hybridized carbons (Fsp3) is 0.381. The van der Waals surface area contributed by atoms with Crippen LogP contribution in [0.3, 0.4) is 0 Å². The van der Waals surface area contributed by atoms with E-state index >= 15 is 0 Å². The number of rotatable bonds is 11. The van der Waals surface area contributed by atoms with E-state index in [0.29, 0.717) is 42.2 Å². The first-order valence-corrected chi connectivity index (χ1v) is 10.2. The predicted octanol–water partition coefficient (Wildman–Crippen LogP) is 4.72. The van der Waals surface area contributed by atoms with Crippen LogP contribution in [0.2, 0.25) is 5.02 Å². The Morgan fingerprint density at radius 2 is 1.79 bits per heavy atom. The number of tetrazole rings is 1. The molecule has 0 aliphatic heterocycles. The maximum atomic E-state index is 5.96. The second-order valence-corrected chi connectivity index (χ2v) is 7.00. The molecule has 0 aliphatic rings. The van der Waals surface area contributed by atoms with Crippen LogP contribution in [0, 0.1) is 0 Å². The molecule has 0 amide bonds. The van der Waals surface area contributed by atoms with Crippen LogP contribution < -0.4 is 14.8 Å². The molecule has 0 unspecified atom stereocenters. The lowest BCUT2D eigenvalue weighted by molar-refractivity contribution is 0.269. The molecule has 8 heteroatoms. The van der Waals surface area contributed by atoms with Crippen molar-refractivity contribution in [1.29, 1.82) is 0 Å². The second kappa shape index (κ2) is 10.7. The Bertz CT molecular complexity index is 898. The molecule has 0 spiro atoms. The van der Waals surface area contributed by atoms with Gasteiger partial charge in [-0.05, 0) is 59.2 Å². The molecular weight excluding hydrogens is 390 g/mol. The van der Waals surface area contributed by atoms with Crippen LogP contribution in [0.1, 0.15) is 37.8 Å². The number of hydrogen-bond acceptors (Lipinski definition) is 6. The number of unbranched alkanes of at least 4 members (excludes halogenated alkanes) is 1. The van der Waals surface area contributed by atoms with Crippen molar-refractivity contribution >= 4 is 17.5 Å². The maximum absolute atomic E-state index is 5.96. The molecule has 0 fully saturated rings. The van der Waals surface area contributed by atoms with Gasteiger partial charge in [0.05, 0.1) is 6.61 Å². The predicted molar refractivity (Wildman–Crippen MR) is 113 cm³/mol. The molecule has 0 saturated carbocycles. The highest BCUT2D eigenvalue weighted by Gasteiger charge is 2.09. The Hall–Kier alpha value is -2.80. The van der Waals surface area contributed by atoms with Crippen LogP contribution in [-0.2, 0) is 19.7 Å². The lowest BCUT2D eigenvalue weighted by Crippen LogP contribution is -2.09. The van der Waals surface area contributed by atoms with E-state index in [1.54, 1.807) is 4.68 Å². The Kier molecular flexibility index (Phi) is 7.69. The molecule has 1 aromatic heterocycles. The van der Waals surface area contributed by atoms with Crippen LogP contribution >= 0.6 is 11.6 Å². The highest BCUT2D eigenvalue weighted by molar-refractivity contribution is 6.30. The van der Waals surface area contributed by atoms with Gasteiger partial charge in [-0.2, -0.15) is 0 Å². The molecule has 29 heavy (non-hydrogen) atoms. The van der Waals surface area contributed by atoms with E-state index in [1.807, 2.05) is 49.4 Å². The van der Waals surface area contributed by atoms with Gasteiger partial charge in [0.15, 0.2) is 11.5 Å². The first-order valence-electron chi connectivity index (χ1n) is 9.82. The first kappa shape index (κ1) is 20.9. The molecule has 1 N–H and O–H groups in total.